The number of carbonyl (C=O) groups excluding carboxylic acids is 1. The summed E-state index contributed by atoms with van der Waals surface area (Å²) in [7, 11) is 0. The molecular formula is C13H21N5O4. The molecule has 22 heavy (non-hydrogen) atoms. The van der Waals surface area contributed by atoms with E-state index in [2.05, 4.69) is 15.3 Å². The molecule has 1 atom stereocenters. The minimum Gasteiger partial charge on any atom is -0.379 e. The van der Waals surface area contributed by atoms with Gasteiger partial charge in [0.25, 0.3) is 0 Å². The summed E-state index contributed by atoms with van der Waals surface area (Å²) in [6, 6.07) is -0.585. The third-order valence-corrected chi connectivity index (χ3v) is 3.79. The minimum atomic E-state index is -0.585. The Kier molecular flexibility index (Phi) is 5.45. The molecule has 9 heteroatoms. The average Bonchev–Trinajstić information content (AvgIpc) is 2.89. The van der Waals surface area contributed by atoms with Gasteiger partial charge in [0.2, 0.25) is 5.91 Å². The monoisotopic (exact) mass is 311 g/mol. The van der Waals surface area contributed by atoms with Crippen LogP contribution >= 0.6 is 0 Å². The molecule has 1 aliphatic heterocycles. The van der Waals surface area contributed by atoms with Crippen molar-refractivity contribution in [3.8, 4) is 0 Å². The van der Waals surface area contributed by atoms with Crippen LogP contribution in [0.15, 0.2) is 6.20 Å². The maximum atomic E-state index is 12.1. The Balaban J connectivity index is 1.85. The van der Waals surface area contributed by atoms with Crippen molar-refractivity contribution in [2.45, 2.75) is 19.9 Å². The van der Waals surface area contributed by atoms with E-state index in [4.69, 9.17) is 4.74 Å². The predicted molar refractivity (Wildman–Crippen MR) is 78.6 cm³/mol. The van der Waals surface area contributed by atoms with Gasteiger partial charge >= 0.3 is 5.69 Å². The fourth-order valence-electron chi connectivity index (χ4n) is 2.40. The van der Waals surface area contributed by atoms with Crippen LogP contribution in [-0.4, -0.2) is 64.9 Å². The summed E-state index contributed by atoms with van der Waals surface area (Å²) in [4.78, 5) is 24.7. The summed E-state index contributed by atoms with van der Waals surface area (Å²) in [5.74, 6) is -0.200. The molecular weight excluding hydrogens is 290 g/mol. The molecule has 1 amide bonds. The third kappa shape index (κ3) is 3.80. The zero-order valence-corrected chi connectivity index (χ0v) is 12.8. The van der Waals surface area contributed by atoms with Gasteiger partial charge < -0.3 is 10.1 Å². The minimum absolute atomic E-state index is 0.0760. The van der Waals surface area contributed by atoms with E-state index in [-0.39, 0.29) is 11.6 Å². The van der Waals surface area contributed by atoms with Gasteiger partial charge in [-0.3, -0.25) is 24.5 Å². The molecule has 0 aliphatic carbocycles. The standard InChI is InChI=1S/C13H21N5O4/c1-10-12(18(20)21)9-15-17(10)11(2)13(19)14-3-4-16-5-7-22-8-6-16/h9,11H,3-8H2,1-2H3,(H,14,19). The quantitative estimate of drug-likeness (QED) is 0.591. The fourth-order valence-corrected chi connectivity index (χ4v) is 2.40. The van der Waals surface area contributed by atoms with Crippen LogP contribution in [0, 0.1) is 17.0 Å². The van der Waals surface area contributed by atoms with Crippen LogP contribution in [0.25, 0.3) is 0 Å². The van der Waals surface area contributed by atoms with Crippen LogP contribution in [0.4, 0.5) is 5.69 Å². The van der Waals surface area contributed by atoms with E-state index in [1.807, 2.05) is 0 Å². The van der Waals surface area contributed by atoms with E-state index in [1.54, 1.807) is 13.8 Å². The van der Waals surface area contributed by atoms with Crippen LogP contribution in [0.1, 0.15) is 18.7 Å². The molecule has 0 saturated carbocycles. The number of nitrogens with zero attached hydrogens (tertiary/aromatic N) is 4. The van der Waals surface area contributed by atoms with E-state index in [0.29, 0.717) is 12.2 Å². The Morgan fingerprint density at radius 1 is 1.55 bits per heavy atom. The van der Waals surface area contributed by atoms with Gasteiger partial charge in [0.1, 0.15) is 17.9 Å². The zero-order chi connectivity index (χ0) is 16.1. The van der Waals surface area contributed by atoms with E-state index in [1.165, 1.54) is 10.9 Å². The lowest BCUT2D eigenvalue weighted by atomic mass is 10.3. The number of nitro groups is 1. The summed E-state index contributed by atoms with van der Waals surface area (Å²) in [5.41, 5.74) is 0.300. The van der Waals surface area contributed by atoms with E-state index < -0.39 is 11.0 Å². The number of amides is 1. The van der Waals surface area contributed by atoms with Crippen molar-refractivity contribution < 1.29 is 14.5 Å². The molecule has 1 saturated heterocycles. The van der Waals surface area contributed by atoms with Crippen LogP contribution in [0.3, 0.4) is 0 Å². The van der Waals surface area contributed by atoms with Crippen molar-refractivity contribution >= 4 is 11.6 Å². The molecule has 0 radical (unpaired) electrons. The van der Waals surface area contributed by atoms with Crippen molar-refractivity contribution in [3.05, 3.63) is 22.0 Å². The highest BCUT2D eigenvalue weighted by atomic mass is 16.6. The number of aromatic nitrogens is 2. The molecule has 1 aromatic heterocycles. The van der Waals surface area contributed by atoms with Gasteiger partial charge in [-0.25, -0.2) is 0 Å². The Morgan fingerprint density at radius 3 is 2.82 bits per heavy atom. The van der Waals surface area contributed by atoms with Gasteiger partial charge in [0.05, 0.1) is 18.1 Å². The van der Waals surface area contributed by atoms with Crippen molar-refractivity contribution in [2.24, 2.45) is 0 Å². The SMILES string of the molecule is Cc1c([N+](=O)[O-])cnn1C(C)C(=O)NCCN1CCOCC1. The molecule has 122 valence electrons. The van der Waals surface area contributed by atoms with Gasteiger partial charge in [-0.1, -0.05) is 0 Å². The second-order valence-corrected chi connectivity index (χ2v) is 5.24. The predicted octanol–water partition coefficient (Wildman–Crippen LogP) is 0.109. The smallest absolute Gasteiger partial charge is 0.309 e. The van der Waals surface area contributed by atoms with Gasteiger partial charge in [-0.2, -0.15) is 5.10 Å². The zero-order valence-electron chi connectivity index (χ0n) is 12.8. The molecule has 1 fully saturated rings. The number of hydrogen-bond acceptors (Lipinski definition) is 6. The topological polar surface area (TPSA) is 103 Å². The van der Waals surface area contributed by atoms with Crippen LogP contribution in [-0.2, 0) is 9.53 Å². The number of rotatable bonds is 6. The number of nitrogens with one attached hydrogen (secondary N) is 1. The Labute approximate surface area is 128 Å². The lowest BCUT2D eigenvalue weighted by Gasteiger charge is -2.26. The lowest BCUT2D eigenvalue weighted by molar-refractivity contribution is -0.385. The second kappa shape index (κ2) is 7.32. The van der Waals surface area contributed by atoms with E-state index >= 15 is 0 Å². The van der Waals surface area contributed by atoms with Gasteiger partial charge in [0.15, 0.2) is 0 Å². The van der Waals surface area contributed by atoms with Crippen LogP contribution < -0.4 is 5.32 Å². The summed E-state index contributed by atoms with van der Waals surface area (Å²) < 4.78 is 6.64. The molecule has 9 nitrogen and oxygen atoms in total. The number of hydrogen-bond donors (Lipinski definition) is 1. The first-order chi connectivity index (χ1) is 10.5. The summed E-state index contributed by atoms with van der Waals surface area (Å²) in [6.07, 6.45) is 1.17. The summed E-state index contributed by atoms with van der Waals surface area (Å²) in [5, 5.41) is 17.6. The first-order valence-corrected chi connectivity index (χ1v) is 7.27. The van der Waals surface area contributed by atoms with Gasteiger partial charge in [-0.15, -0.1) is 0 Å². The molecule has 2 rings (SSSR count). The molecule has 1 unspecified atom stereocenters. The second-order valence-electron chi connectivity index (χ2n) is 5.24. The van der Waals surface area contributed by atoms with Crippen molar-refractivity contribution in [1.29, 1.82) is 0 Å². The maximum absolute atomic E-state index is 12.1. The maximum Gasteiger partial charge on any atom is 0.309 e. The normalized spacial score (nSPS) is 17.2. The fraction of sp³-hybridized carbons (Fsp3) is 0.692. The Morgan fingerprint density at radius 2 is 2.23 bits per heavy atom. The molecule has 1 aliphatic rings. The summed E-state index contributed by atoms with van der Waals surface area (Å²) in [6.45, 7) is 7.74. The highest BCUT2D eigenvalue weighted by molar-refractivity contribution is 5.79. The molecule has 0 bridgehead atoms. The molecule has 1 N–H and O–H groups in total. The molecule has 0 spiro atoms. The number of ether oxygens (including phenoxy) is 1. The van der Waals surface area contributed by atoms with E-state index in [0.717, 1.165) is 32.8 Å². The molecule has 2 heterocycles. The number of carbonyl (C=O) groups is 1. The van der Waals surface area contributed by atoms with Crippen molar-refractivity contribution in [1.82, 2.24) is 20.0 Å². The molecule has 0 aromatic carbocycles. The van der Waals surface area contributed by atoms with Crippen LogP contribution in [0.5, 0.6) is 0 Å². The Hall–Kier alpha value is -2.00. The first-order valence-electron chi connectivity index (χ1n) is 7.27. The van der Waals surface area contributed by atoms with Gasteiger partial charge in [-0.05, 0) is 13.8 Å². The first kappa shape index (κ1) is 16.4. The van der Waals surface area contributed by atoms with Crippen LogP contribution in [0.2, 0.25) is 0 Å². The lowest BCUT2D eigenvalue weighted by Crippen LogP contribution is -2.42. The van der Waals surface area contributed by atoms with Gasteiger partial charge in [0, 0.05) is 26.2 Å². The van der Waals surface area contributed by atoms with Crippen molar-refractivity contribution in [2.75, 3.05) is 39.4 Å². The highest BCUT2D eigenvalue weighted by Crippen LogP contribution is 2.19. The van der Waals surface area contributed by atoms with Crippen molar-refractivity contribution in [3.63, 3.8) is 0 Å². The van der Waals surface area contributed by atoms with E-state index in [9.17, 15) is 14.9 Å². The summed E-state index contributed by atoms with van der Waals surface area (Å²) >= 11 is 0. The average molecular weight is 311 g/mol. The highest BCUT2D eigenvalue weighted by Gasteiger charge is 2.23. The molecule has 1 aromatic rings. The Bertz CT molecular complexity index is 539. The number of morpholine rings is 1. The third-order valence-electron chi connectivity index (χ3n) is 3.79. The largest absolute Gasteiger partial charge is 0.379 e.